The highest BCUT2D eigenvalue weighted by Gasteiger charge is 2.45. The lowest BCUT2D eigenvalue weighted by Crippen LogP contribution is -2.42. The summed E-state index contributed by atoms with van der Waals surface area (Å²) in [6.45, 7) is 2.07. The molecule has 0 aliphatic heterocycles. The minimum absolute atomic E-state index is 0.00566. The fraction of sp³-hybridized carbons (Fsp3) is 0.500. The molecule has 1 fully saturated rings. The Balaban J connectivity index is 0.00000188. The predicted molar refractivity (Wildman–Crippen MR) is 201 cm³/mol. The molecule has 0 saturated heterocycles. The number of unbranched alkanes of at least 4 members (excludes halogenated alkanes) is 6. The van der Waals surface area contributed by atoms with Gasteiger partial charge in [-0.25, -0.2) is 4.79 Å². The number of esters is 1. The van der Waals surface area contributed by atoms with Crippen LogP contribution in [-0.4, -0.2) is 81.6 Å². The molecular formula is C38H51N3O8S2. The molecule has 13 heteroatoms. The number of pyridine rings is 1. The van der Waals surface area contributed by atoms with Crippen molar-refractivity contribution in [2.75, 3.05) is 26.7 Å². The highest BCUT2D eigenvalue weighted by Crippen LogP contribution is 2.38. The molecule has 1 aromatic carbocycles. The molecule has 1 aliphatic carbocycles. The summed E-state index contributed by atoms with van der Waals surface area (Å²) >= 11 is 2.73. The fourth-order valence-corrected chi connectivity index (χ4v) is 8.42. The van der Waals surface area contributed by atoms with Gasteiger partial charge in [0.25, 0.3) is 6.47 Å². The summed E-state index contributed by atoms with van der Waals surface area (Å²) in [4.78, 5) is 39.6. The van der Waals surface area contributed by atoms with Crippen LogP contribution in [0, 0.1) is 0 Å². The van der Waals surface area contributed by atoms with Gasteiger partial charge < -0.3 is 40.4 Å². The first-order valence-corrected chi connectivity index (χ1v) is 19.5. The van der Waals surface area contributed by atoms with Crippen LogP contribution in [-0.2, 0) is 19.9 Å². The van der Waals surface area contributed by atoms with E-state index in [0.717, 1.165) is 51.6 Å². The zero-order chi connectivity index (χ0) is 36.6. The number of aromatic amines is 1. The minimum Gasteiger partial charge on any atom is -0.506 e. The molecule has 11 nitrogen and oxygen atoms in total. The standard InChI is InChI=1S/C37H49N3O6S2.CH2O2/c1-40(26-13-15-27(16-14-26)46-36(44)37(45,32-11-9-23-47-32)33-12-10-24-48-33)22-8-6-4-2-3-5-7-21-38-25-31(42)28-17-19-30(41)35-29(28)18-20-34(43)39-35;2-1-3/h9-12,17-20,23-24,26-27,31,38,41-42,45H,2-8,13-16,21-22,25H2,1H3,(H,39,43);1H,(H,2,3)/t26-,27-,31-;/m0./s1. The number of thiophene rings is 2. The van der Waals surface area contributed by atoms with Crippen LogP contribution in [0.25, 0.3) is 10.9 Å². The maximum absolute atomic E-state index is 13.3. The third kappa shape index (κ3) is 11.2. The van der Waals surface area contributed by atoms with Crippen molar-refractivity contribution in [1.82, 2.24) is 15.2 Å². The number of carbonyl (C=O) groups excluding carboxylic acids is 1. The van der Waals surface area contributed by atoms with Gasteiger partial charge in [0.2, 0.25) is 11.2 Å². The lowest BCUT2D eigenvalue weighted by Gasteiger charge is -2.35. The Hall–Kier alpha value is -3.59. The highest BCUT2D eigenvalue weighted by molar-refractivity contribution is 7.12. The van der Waals surface area contributed by atoms with Gasteiger partial charge in [-0.2, -0.15) is 0 Å². The summed E-state index contributed by atoms with van der Waals surface area (Å²) in [6.07, 6.45) is 11.0. The number of rotatable bonds is 18. The number of carbonyl (C=O) groups is 2. The number of H-pyrrole nitrogens is 1. The molecule has 1 aliphatic rings. The number of benzene rings is 1. The number of nitrogens with zero attached hydrogens (tertiary/aromatic N) is 1. The number of aliphatic hydroxyl groups is 2. The van der Waals surface area contributed by atoms with Crippen molar-refractivity contribution in [3.8, 4) is 5.75 Å². The zero-order valence-corrected chi connectivity index (χ0v) is 30.8. The van der Waals surface area contributed by atoms with E-state index in [4.69, 9.17) is 14.6 Å². The van der Waals surface area contributed by atoms with E-state index in [1.165, 1.54) is 66.9 Å². The van der Waals surface area contributed by atoms with E-state index in [9.17, 15) is 24.9 Å². The average molecular weight is 742 g/mol. The first-order chi connectivity index (χ1) is 24.7. The van der Waals surface area contributed by atoms with Crippen molar-refractivity contribution < 1.29 is 34.8 Å². The van der Waals surface area contributed by atoms with Crippen LogP contribution < -0.4 is 10.9 Å². The van der Waals surface area contributed by atoms with Crippen LogP contribution in [0.4, 0.5) is 0 Å². The van der Waals surface area contributed by atoms with E-state index in [1.807, 2.05) is 22.9 Å². The lowest BCUT2D eigenvalue weighted by molar-refractivity contribution is -0.169. The van der Waals surface area contributed by atoms with Crippen molar-refractivity contribution in [3.63, 3.8) is 0 Å². The molecule has 278 valence electrons. The summed E-state index contributed by atoms with van der Waals surface area (Å²) in [5.41, 5.74) is -1.00. The van der Waals surface area contributed by atoms with E-state index in [2.05, 4.69) is 22.2 Å². The van der Waals surface area contributed by atoms with Crippen LogP contribution in [0.1, 0.15) is 92.1 Å². The van der Waals surface area contributed by atoms with Gasteiger partial charge in [0.15, 0.2) is 0 Å². The Kier molecular flexibility index (Phi) is 16.1. The van der Waals surface area contributed by atoms with E-state index < -0.39 is 17.7 Å². The van der Waals surface area contributed by atoms with Gasteiger partial charge in [-0.05, 0) is 99.3 Å². The molecule has 0 amide bonds. The number of aromatic nitrogens is 1. The van der Waals surface area contributed by atoms with E-state index in [1.54, 1.807) is 24.3 Å². The number of phenolic OH excluding ortho intramolecular Hbond substituents is 1. The maximum Gasteiger partial charge on any atom is 0.349 e. The molecule has 51 heavy (non-hydrogen) atoms. The SMILES string of the molecule is CN(CCCCCCCCCNC[C@H](O)c1ccc(O)c2[nH]c(=O)ccc12)[C@H]1CC[C@H](OC(=O)C(O)(c2cccs2)c2cccs2)CC1.O=CO. The van der Waals surface area contributed by atoms with Gasteiger partial charge in [0.1, 0.15) is 11.9 Å². The van der Waals surface area contributed by atoms with E-state index in [-0.39, 0.29) is 23.9 Å². The number of aromatic hydroxyl groups is 1. The Morgan fingerprint density at radius 2 is 1.59 bits per heavy atom. The van der Waals surface area contributed by atoms with Crippen molar-refractivity contribution in [2.45, 2.75) is 94.5 Å². The van der Waals surface area contributed by atoms with Crippen LogP contribution in [0.5, 0.6) is 5.75 Å². The summed E-state index contributed by atoms with van der Waals surface area (Å²) in [5, 5.41) is 46.8. The molecule has 3 heterocycles. The molecule has 0 bridgehead atoms. The summed E-state index contributed by atoms with van der Waals surface area (Å²) < 4.78 is 5.92. The summed E-state index contributed by atoms with van der Waals surface area (Å²) in [7, 11) is 2.21. The van der Waals surface area contributed by atoms with Crippen LogP contribution >= 0.6 is 22.7 Å². The van der Waals surface area contributed by atoms with E-state index in [0.29, 0.717) is 38.8 Å². The van der Waals surface area contributed by atoms with E-state index >= 15 is 0 Å². The zero-order valence-electron chi connectivity index (χ0n) is 29.2. The third-order valence-corrected chi connectivity index (χ3v) is 11.5. The van der Waals surface area contributed by atoms with Crippen molar-refractivity contribution in [1.29, 1.82) is 0 Å². The summed E-state index contributed by atoms with van der Waals surface area (Å²) in [5.74, 6) is -0.576. The molecule has 4 aromatic rings. The second kappa shape index (κ2) is 20.4. The molecule has 0 unspecified atom stereocenters. The van der Waals surface area contributed by atoms with Crippen LogP contribution in [0.15, 0.2) is 64.1 Å². The fourth-order valence-electron chi connectivity index (χ4n) is 6.71. The largest absolute Gasteiger partial charge is 0.506 e. The monoisotopic (exact) mass is 741 g/mol. The minimum atomic E-state index is -1.74. The number of ether oxygens (including phenoxy) is 1. The number of phenols is 1. The Morgan fingerprint density at radius 3 is 2.20 bits per heavy atom. The molecule has 0 spiro atoms. The molecule has 6 N–H and O–H groups in total. The topological polar surface area (TPSA) is 172 Å². The number of aliphatic hydroxyl groups excluding tert-OH is 1. The molecule has 1 atom stereocenters. The van der Waals surface area contributed by atoms with Crippen LogP contribution in [0.2, 0.25) is 0 Å². The number of hydrogen-bond acceptors (Lipinski definition) is 11. The molecule has 5 rings (SSSR count). The molecule has 0 radical (unpaired) electrons. The Bertz CT molecular complexity index is 1640. The van der Waals surface area contributed by atoms with Gasteiger partial charge in [-0.1, -0.05) is 50.3 Å². The van der Waals surface area contributed by atoms with Crippen molar-refractivity contribution in [3.05, 3.63) is 85.0 Å². The smallest absolute Gasteiger partial charge is 0.349 e. The van der Waals surface area contributed by atoms with Gasteiger partial charge in [-0.3, -0.25) is 9.59 Å². The van der Waals surface area contributed by atoms with Gasteiger partial charge >= 0.3 is 5.97 Å². The highest BCUT2D eigenvalue weighted by atomic mass is 32.1. The maximum atomic E-state index is 13.3. The molecule has 3 aromatic heterocycles. The van der Waals surface area contributed by atoms with Crippen molar-refractivity contribution in [2.24, 2.45) is 0 Å². The van der Waals surface area contributed by atoms with Gasteiger partial charge in [-0.15, -0.1) is 22.7 Å². The number of hydrogen-bond donors (Lipinski definition) is 6. The number of nitrogens with one attached hydrogen (secondary N) is 2. The Morgan fingerprint density at radius 1 is 0.980 bits per heavy atom. The number of fused-ring (bicyclic) bond motifs is 1. The third-order valence-electron chi connectivity index (χ3n) is 9.56. The first-order valence-electron chi connectivity index (χ1n) is 17.7. The number of carboxylic acid groups (broad SMARTS) is 1. The first kappa shape index (κ1) is 40.2. The molecule has 1 saturated carbocycles. The van der Waals surface area contributed by atoms with Gasteiger partial charge in [0.05, 0.1) is 21.4 Å². The quantitative estimate of drug-likeness (QED) is 0.0396. The van der Waals surface area contributed by atoms with Crippen LogP contribution in [0.3, 0.4) is 0 Å². The normalized spacial score (nSPS) is 16.8. The summed E-state index contributed by atoms with van der Waals surface area (Å²) in [6, 6.07) is 14.0. The average Bonchev–Trinajstić information content (AvgIpc) is 3.88. The van der Waals surface area contributed by atoms with Gasteiger partial charge in [0, 0.05) is 24.0 Å². The lowest BCUT2D eigenvalue weighted by atomic mass is 9.91. The predicted octanol–water partition coefficient (Wildman–Crippen LogP) is 6.13. The molecular weight excluding hydrogens is 691 g/mol. The van der Waals surface area contributed by atoms with Crippen molar-refractivity contribution >= 4 is 46.0 Å². The Labute approximate surface area is 306 Å². The second-order valence-corrected chi connectivity index (χ2v) is 15.0. The second-order valence-electron chi connectivity index (χ2n) is 13.1.